The van der Waals surface area contributed by atoms with Crippen molar-refractivity contribution in [2.75, 3.05) is 5.33 Å². The van der Waals surface area contributed by atoms with E-state index < -0.39 is 8.32 Å². The fourth-order valence-corrected chi connectivity index (χ4v) is 3.61. The molecule has 0 radical (unpaired) electrons. The van der Waals surface area contributed by atoms with Crippen LogP contribution in [-0.2, 0) is 6.42 Å². The monoisotopic (exact) mass is 378 g/mol. The topological polar surface area (TPSA) is 9.23 Å². The summed E-state index contributed by atoms with van der Waals surface area (Å²) in [5.41, 5.74) is 1.34. The zero-order chi connectivity index (χ0) is 16.4. The highest BCUT2D eigenvalue weighted by Crippen LogP contribution is 2.40. The molecule has 0 aliphatic carbocycles. The van der Waals surface area contributed by atoms with Crippen LogP contribution in [0.1, 0.15) is 32.8 Å². The lowest BCUT2D eigenvalue weighted by atomic mass is 10.0. The molecule has 0 fully saturated rings. The summed E-state index contributed by atoms with van der Waals surface area (Å²) in [4.78, 5) is 0. The van der Waals surface area contributed by atoms with Gasteiger partial charge < -0.3 is 4.43 Å². The summed E-state index contributed by atoms with van der Waals surface area (Å²) >= 11 is 3.54. The van der Waals surface area contributed by atoms with Gasteiger partial charge in [-0.3, -0.25) is 0 Å². The van der Waals surface area contributed by atoms with Crippen molar-refractivity contribution < 1.29 is 4.43 Å². The number of fused-ring (bicyclic) bond motifs is 1. The second-order valence-corrected chi connectivity index (χ2v) is 12.9. The molecule has 22 heavy (non-hydrogen) atoms. The van der Waals surface area contributed by atoms with Crippen LogP contribution in [0.2, 0.25) is 18.1 Å². The molecule has 0 aliphatic heterocycles. The molecule has 0 bridgehead atoms. The molecule has 0 aromatic heterocycles. The molecule has 0 unspecified atom stereocenters. The molecule has 120 valence electrons. The van der Waals surface area contributed by atoms with Crippen molar-refractivity contribution >= 4 is 35.0 Å². The SMILES string of the molecule is CC(C)(C)[Si](C)(C)Oc1c(CCCBr)ccc2ccccc12. The van der Waals surface area contributed by atoms with E-state index in [9.17, 15) is 0 Å². The highest BCUT2D eigenvalue weighted by molar-refractivity contribution is 9.09. The van der Waals surface area contributed by atoms with Crippen molar-refractivity contribution in [3.05, 3.63) is 42.0 Å². The van der Waals surface area contributed by atoms with Crippen LogP contribution in [0.5, 0.6) is 5.75 Å². The highest BCUT2D eigenvalue weighted by atomic mass is 79.9. The molecule has 0 heterocycles. The van der Waals surface area contributed by atoms with Crippen molar-refractivity contribution in [3.63, 3.8) is 0 Å². The maximum absolute atomic E-state index is 6.73. The van der Waals surface area contributed by atoms with Gasteiger partial charge in [0, 0.05) is 10.7 Å². The fourth-order valence-electron chi connectivity index (χ4n) is 2.27. The summed E-state index contributed by atoms with van der Waals surface area (Å²) in [5, 5.41) is 3.74. The van der Waals surface area contributed by atoms with E-state index in [1.54, 1.807) is 0 Å². The zero-order valence-corrected chi connectivity index (χ0v) is 17.0. The third-order valence-electron chi connectivity index (χ3n) is 4.70. The molecular formula is C19H27BrOSi. The van der Waals surface area contributed by atoms with Crippen molar-refractivity contribution in [2.24, 2.45) is 0 Å². The second kappa shape index (κ2) is 6.75. The minimum Gasteiger partial charge on any atom is -0.543 e. The molecule has 0 N–H and O–H groups in total. The van der Waals surface area contributed by atoms with Crippen LogP contribution in [-0.4, -0.2) is 13.6 Å². The summed E-state index contributed by atoms with van der Waals surface area (Å²) in [6, 6.07) is 13.0. The van der Waals surface area contributed by atoms with E-state index >= 15 is 0 Å². The fraction of sp³-hybridized carbons (Fsp3) is 0.474. The normalized spacial score (nSPS) is 12.6. The van der Waals surface area contributed by atoms with Crippen LogP contribution in [0.25, 0.3) is 10.8 Å². The van der Waals surface area contributed by atoms with Crippen LogP contribution < -0.4 is 4.43 Å². The lowest BCUT2D eigenvalue weighted by Gasteiger charge is -2.37. The first-order valence-electron chi connectivity index (χ1n) is 8.02. The Morgan fingerprint density at radius 2 is 1.73 bits per heavy atom. The van der Waals surface area contributed by atoms with E-state index in [1.807, 2.05) is 0 Å². The lowest BCUT2D eigenvalue weighted by Crippen LogP contribution is -2.44. The van der Waals surface area contributed by atoms with Crippen molar-refractivity contribution in [2.45, 2.75) is 51.7 Å². The highest BCUT2D eigenvalue weighted by Gasteiger charge is 2.39. The molecule has 0 atom stereocenters. The number of halogens is 1. The predicted molar refractivity (Wildman–Crippen MR) is 104 cm³/mol. The average Bonchev–Trinajstić information content (AvgIpc) is 2.45. The van der Waals surface area contributed by atoms with Gasteiger partial charge in [0.1, 0.15) is 5.75 Å². The van der Waals surface area contributed by atoms with Crippen LogP contribution in [0.3, 0.4) is 0 Å². The van der Waals surface area contributed by atoms with Gasteiger partial charge in [0.25, 0.3) is 8.32 Å². The maximum atomic E-state index is 6.73. The first kappa shape index (κ1) is 17.5. The second-order valence-electron chi connectivity index (χ2n) is 7.43. The summed E-state index contributed by atoms with van der Waals surface area (Å²) in [5.74, 6) is 1.12. The summed E-state index contributed by atoms with van der Waals surface area (Å²) in [7, 11) is -1.85. The number of rotatable bonds is 5. The molecule has 0 saturated heterocycles. The molecule has 3 heteroatoms. The van der Waals surface area contributed by atoms with E-state index in [0.29, 0.717) is 0 Å². The van der Waals surface area contributed by atoms with Gasteiger partial charge in [0.05, 0.1) is 0 Å². The first-order valence-corrected chi connectivity index (χ1v) is 12.0. The first-order chi connectivity index (χ1) is 10.3. The van der Waals surface area contributed by atoms with Gasteiger partial charge >= 0.3 is 0 Å². The Kier molecular flexibility index (Phi) is 5.39. The standard InChI is InChI=1S/C19H27BrOSi/c1-19(2,3)22(4,5)21-18-16(10-8-14-20)13-12-15-9-6-7-11-17(15)18/h6-7,9,11-13H,8,10,14H2,1-5H3. The quantitative estimate of drug-likeness (QED) is 0.423. The summed E-state index contributed by atoms with van der Waals surface area (Å²) < 4.78 is 6.73. The van der Waals surface area contributed by atoms with Crippen molar-refractivity contribution in [3.8, 4) is 5.75 Å². The lowest BCUT2D eigenvalue weighted by molar-refractivity contribution is 0.491. The van der Waals surface area contributed by atoms with E-state index in [1.165, 1.54) is 16.3 Å². The Bertz CT molecular complexity index is 643. The van der Waals surface area contributed by atoms with E-state index in [0.717, 1.165) is 23.9 Å². The number of hydrogen-bond donors (Lipinski definition) is 0. The van der Waals surface area contributed by atoms with Crippen LogP contribution >= 0.6 is 15.9 Å². The van der Waals surface area contributed by atoms with Gasteiger partial charge in [-0.15, -0.1) is 0 Å². The van der Waals surface area contributed by atoms with Crippen molar-refractivity contribution in [1.82, 2.24) is 0 Å². The number of hydrogen-bond acceptors (Lipinski definition) is 1. The van der Waals surface area contributed by atoms with E-state index in [2.05, 4.69) is 86.2 Å². The molecule has 2 aromatic rings. The van der Waals surface area contributed by atoms with Crippen LogP contribution in [0.4, 0.5) is 0 Å². The number of alkyl halides is 1. The van der Waals surface area contributed by atoms with Gasteiger partial charge in [-0.1, -0.05) is 73.1 Å². The number of benzene rings is 2. The summed E-state index contributed by atoms with van der Waals surface area (Å²) in [6.07, 6.45) is 2.19. The van der Waals surface area contributed by atoms with Gasteiger partial charge in [-0.05, 0) is 41.9 Å². The van der Waals surface area contributed by atoms with Gasteiger partial charge in [-0.25, -0.2) is 0 Å². The number of aryl methyl sites for hydroxylation is 1. The molecule has 0 aliphatic rings. The largest absolute Gasteiger partial charge is 0.543 e. The van der Waals surface area contributed by atoms with Crippen LogP contribution in [0, 0.1) is 0 Å². The Labute approximate surface area is 144 Å². The van der Waals surface area contributed by atoms with Gasteiger partial charge in [0.15, 0.2) is 0 Å². The molecule has 1 nitrogen and oxygen atoms in total. The predicted octanol–water partition coefficient (Wildman–Crippen LogP) is 6.55. The minimum atomic E-state index is -1.85. The van der Waals surface area contributed by atoms with Crippen molar-refractivity contribution in [1.29, 1.82) is 0 Å². The Hall–Kier alpha value is -0.803. The average molecular weight is 379 g/mol. The maximum Gasteiger partial charge on any atom is 0.250 e. The summed E-state index contributed by atoms with van der Waals surface area (Å²) in [6.45, 7) is 11.5. The smallest absolute Gasteiger partial charge is 0.250 e. The zero-order valence-electron chi connectivity index (χ0n) is 14.4. The molecule has 0 spiro atoms. The van der Waals surface area contributed by atoms with Gasteiger partial charge in [0.2, 0.25) is 0 Å². The Balaban J connectivity index is 2.52. The molecule has 0 saturated carbocycles. The van der Waals surface area contributed by atoms with Gasteiger partial charge in [-0.2, -0.15) is 0 Å². The van der Waals surface area contributed by atoms with E-state index in [-0.39, 0.29) is 5.04 Å². The Morgan fingerprint density at radius 1 is 1.05 bits per heavy atom. The van der Waals surface area contributed by atoms with E-state index in [4.69, 9.17) is 4.43 Å². The molecular weight excluding hydrogens is 352 g/mol. The molecule has 2 aromatic carbocycles. The molecule has 2 rings (SSSR count). The molecule has 0 amide bonds. The van der Waals surface area contributed by atoms with Crippen LogP contribution in [0.15, 0.2) is 36.4 Å². The Morgan fingerprint density at radius 3 is 2.36 bits per heavy atom. The minimum absolute atomic E-state index is 0.205. The third kappa shape index (κ3) is 3.75. The third-order valence-corrected chi connectivity index (χ3v) is 9.59.